The summed E-state index contributed by atoms with van der Waals surface area (Å²) in [5.41, 5.74) is 3.48. The molecule has 1 amide bonds. The molecule has 1 N–H and O–H groups in total. The maximum absolute atomic E-state index is 12.0. The summed E-state index contributed by atoms with van der Waals surface area (Å²) in [5, 5.41) is 25.9. The van der Waals surface area contributed by atoms with Gasteiger partial charge in [-0.25, -0.2) is 5.43 Å². The van der Waals surface area contributed by atoms with Gasteiger partial charge < -0.3 is 4.42 Å². The molecule has 152 valence electrons. The number of aryl methyl sites for hydroxylation is 1. The number of hydrogen-bond acceptors (Lipinski definition) is 7. The highest BCUT2D eigenvalue weighted by molar-refractivity contribution is 5.83. The number of nitrogens with zero attached hydrogens (tertiary/aromatic N) is 3. The molecule has 0 atom stereocenters. The summed E-state index contributed by atoms with van der Waals surface area (Å²) in [5.74, 6) is 0.200. The van der Waals surface area contributed by atoms with Crippen molar-refractivity contribution < 1.29 is 19.1 Å². The third-order valence-electron chi connectivity index (χ3n) is 4.24. The van der Waals surface area contributed by atoms with Crippen molar-refractivity contribution in [2.45, 2.75) is 13.3 Å². The van der Waals surface area contributed by atoms with E-state index in [9.17, 15) is 25.0 Å². The molecule has 0 bridgehead atoms. The smallest absolute Gasteiger partial charge is 0.273 e. The topological polar surface area (TPSA) is 141 Å². The number of nitro benzene ring substituents is 2. The van der Waals surface area contributed by atoms with Crippen LogP contribution in [0.3, 0.4) is 0 Å². The molecule has 0 saturated carbocycles. The number of hydrazone groups is 1. The molecule has 0 spiro atoms. The Hall–Kier alpha value is -4.34. The van der Waals surface area contributed by atoms with Crippen molar-refractivity contribution in [1.29, 1.82) is 0 Å². The SMILES string of the molecule is Cc1ccc(-c2ccc(/C=N/NC(=O)Cc3ccccc3[N+](=O)[O-])o2)cc1[N+](=O)[O-]. The van der Waals surface area contributed by atoms with E-state index in [2.05, 4.69) is 10.5 Å². The Bertz CT molecular complexity index is 1150. The number of nitro groups is 2. The maximum atomic E-state index is 12.0. The van der Waals surface area contributed by atoms with Gasteiger partial charge in [-0.05, 0) is 19.1 Å². The van der Waals surface area contributed by atoms with E-state index in [1.54, 1.807) is 37.3 Å². The van der Waals surface area contributed by atoms with Crippen LogP contribution >= 0.6 is 0 Å². The van der Waals surface area contributed by atoms with E-state index >= 15 is 0 Å². The first kappa shape index (κ1) is 20.4. The van der Waals surface area contributed by atoms with Crippen LogP contribution < -0.4 is 5.43 Å². The van der Waals surface area contributed by atoms with E-state index in [4.69, 9.17) is 4.42 Å². The molecule has 0 aliphatic carbocycles. The first-order valence-electron chi connectivity index (χ1n) is 8.74. The van der Waals surface area contributed by atoms with Gasteiger partial charge in [0, 0.05) is 28.8 Å². The molecule has 3 aromatic rings. The zero-order chi connectivity index (χ0) is 21.7. The molecule has 10 heteroatoms. The summed E-state index contributed by atoms with van der Waals surface area (Å²) >= 11 is 0. The van der Waals surface area contributed by atoms with Gasteiger partial charge in [-0.2, -0.15) is 5.10 Å². The Kier molecular flexibility index (Phi) is 5.97. The lowest BCUT2D eigenvalue weighted by Gasteiger charge is -2.01. The summed E-state index contributed by atoms with van der Waals surface area (Å²) in [4.78, 5) is 33.1. The van der Waals surface area contributed by atoms with Crippen LogP contribution in [0.25, 0.3) is 11.3 Å². The molecule has 1 aromatic heterocycles. The van der Waals surface area contributed by atoms with E-state index in [0.29, 0.717) is 22.6 Å². The van der Waals surface area contributed by atoms with Crippen LogP contribution in [-0.4, -0.2) is 22.0 Å². The van der Waals surface area contributed by atoms with Crippen molar-refractivity contribution in [3.05, 3.63) is 91.7 Å². The number of amides is 1. The number of para-hydroxylation sites is 1. The number of benzene rings is 2. The van der Waals surface area contributed by atoms with E-state index in [-0.39, 0.29) is 23.4 Å². The largest absolute Gasteiger partial charge is 0.455 e. The van der Waals surface area contributed by atoms with Crippen molar-refractivity contribution in [1.82, 2.24) is 5.43 Å². The van der Waals surface area contributed by atoms with Gasteiger partial charge in [-0.1, -0.05) is 30.3 Å². The second-order valence-electron chi connectivity index (χ2n) is 6.32. The summed E-state index contributed by atoms with van der Waals surface area (Å²) in [6.45, 7) is 1.65. The van der Waals surface area contributed by atoms with Gasteiger partial charge in [-0.15, -0.1) is 0 Å². The first-order chi connectivity index (χ1) is 14.3. The van der Waals surface area contributed by atoms with Crippen LogP contribution in [0.1, 0.15) is 16.9 Å². The fourth-order valence-corrected chi connectivity index (χ4v) is 2.76. The van der Waals surface area contributed by atoms with Gasteiger partial charge in [0.2, 0.25) is 5.91 Å². The lowest BCUT2D eigenvalue weighted by molar-refractivity contribution is -0.385. The number of nitrogens with one attached hydrogen (secondary N) is 1. The van der Waals surface area contributed by atoms with E-state index in [1.165, 1.54) is 30.5 Å². The van der Waals surface area contributed by atoms with E-state index < -0.39 is 15.8 Å². The summed E-state index contributed by atoms with van der Waals surface area (Å²) < 4.78 is 5.58. The Balaban J connectivity index is 1.65. The van der Waals surface area contributed by atoms with Crippen molar-refractivity contribution in [2.24, 2.45) is 5.10 Å². The lowest BCUT2D eigenvalue weighted by Crippen LogP contribution is -2.20. The molecule has 2 aromatic carbocycles. The number of rotatable bonds is 7. The molecule has 30 heavy (non-hydrogen) atoms. The molecular weight excluding hydrogens is 392 g/mol. The number of hydrogen-bond donors (Lipinski definition) is 1. The number of carbonyl (C=O) groups is 1. The standard InChI is InChI=1S/C20H16N4O6/c1-13-6-7-15(10-18(13)24(28)29)19-9-8-16(30-19)12-21-22-20(25)11-14-4-2-3-5-17(14)23(26)27/h2-10,12H,11H2,1H3,(H,22,25)/b21-12+. The van der Waals surface area contributed by atoms with Gasteiger partial charge in [0.25, 0.3) is 11.4 Å². The van der Waals surface area contributed by atoms with E-state index in [1.807, 2.05) is 0 Å². The summed E-state index contributed by atoms with van der Waals surface area (Å²) in [7, 11) is 0. The van der Waals surface area contributed by atoms with Crippen molar-refractivity contribution >= 4 is 23.5 Å². The van der Waals surface area contributed by atoms with Crippen molar-refractivity contribution in [2.75, 3.05) is 0 Å². The normalized spacial score (nSPS) is 10.8. The molecule has 0 aliphatic heterocycles. The van der Waals surface area contributed by atoms with Crippen LogP contribution in [0, 0.1) is 27.2 Å². The molecule has 1 heterocycles. The van der Waals surface area contributed by atoms with E-state index in [0.717, 1.165) is 0 Å². The number of carbonyl (C=O) groups excluding carboxylic acids is 1. The van der Waals surface area contributed by atoms with Crippen LogP contribution in [0.15, 0.2) is 64.1 Å². The third-order valence-corrected chi connectivity index (χ3v) is 4.24. The quantitative estimate of drug-likeness (QED) is 0.358. The molecule has 10 nitrogen and oxygen atoms in total. The highest BCUT2D eigenvalue weighted by Gasteiger charge is 2.15. The van der Waals surface area contributed by atoms with Crippen LogP contribution in [0.4, 0.5) is 11.4 Å². The molecule has 0 radical (unpaired) electrons. The minimum atomic E-state index is -0.550. The van der Waals surface area contributed by atoms with Crippen molar-refractivity contribution in [3.63, 3.8) is 0 Å². The molecular formula is C20H16N4O6. The predicted octanol–water partition coefficient (Wildman–Crippen LogP) is 3.76. The Labute approximate surface area is 170 Å². The highest BCUT2D eigenvalue weighted by atomic mass is 16.6. The predicted molar refractivity (Wildman–Crippen MR) is 108 cm³/mol. The molecule has 0 fully saturated rings. The van der Waals surface area contributed by atoms with Gasteiger partial charge >= 0.3 is 0 Å². The first-order valence-corrected chi connectivity index (χ1v) is 8.74. The Morgan fingerprint density at radius 2 is 1.80 bits per heavy atom. The van der Waals surface area contributed by atoms with Gasteiger partial charge in [0.15, 0.2) is 0 Å². The monoisotopic (exact) mass is 408 g/mol. The number of furan rings is 1. The van der Waals surface area contributed by atoms with Gasteiger partial charge in [-0.3, -0.25) is 25.0 Å². The average molecular weight is 408 g/mol. The summed E-state index contributed by atoms with van der Waals surface area (Å²) in [6.07, 6.45) is 1.06. The second-order valence-corrected chi connectivity index (χ2v) is 6.32. The lowest BCUT2D eigenvalue weighted by atomic mass is 10.1. The van der Waals surface area contributed by atoms with Crippen LogP contribution in [-0.2, 0) is 11.2 Å². The van der Waals surface area contributed by atoms with Gasteiger partial charge in [0.1, 0.15) is 11.5 Å². The third kappa shape index (κ3) is 4.73. The Morgan fingerprint density at radius 1 is 1.07 bits per heavy atom. The Morgan fingerprint density at radius 3 is 2.53 bits per heavy atom. The minimum absolute atomic E-state index is 0.0126. The fourth-order valence-electron chi connectivity index (χ4n) is 2.76. The van der Waals surface area contributed by atoms with Crippen LogP contribution in [0.2, 0.25) is 0 Å². The summed E-state index contributed by atoms with van der Waals surface area (Å²) in [6, 6.07) is 13.9. The minimum Gasteiger partial charge on any atom is -0.455 e. The zero-order valence-electron chi connectivity index (χ0n) is 15.8. The molecule has 0 saturated heterocycles. The second kappa shape index (κ2) is 8.78. The van der Waals surface area contributed by atoms with Gasteiger partial charge in [0.05, 0.1) is 22.5 Å². The molecule has 0 unspecified atom stereocenters. The fraction of sp³-hybridized carbons (Fsp3) is 0.100. The molecule has 0 aliphatic rings. The highest BCUT2D eigenvalue weighted by Crippen LogP contribution is 2.27. The van der Waals surface area contributed by atoms with Crippen LogP contribution in [0.5, 0.6) is 0 Å². The average Bonchev–Trinajstić information content (AvgIpc) is 3.17. The zero-order valence-corrected chi connectivity index (χ0v) is 15.8. The van der Waals surface area contributed by atoms with Crippen molar-refractivity contribution in [3.8, 4) is 11.3 Å². The maximum Gasteiger partial charge on any atom is 0.273 e. The molecule has 3 rings (SSSR count).